The van der Waals surface area contributed by atoms with Crippen LogP contribution >= 0.6 is 11.6 Å². The van der Waals surface area contributed by atoms with Crippen LogP contribution in [0.25, 0.3) is 0 Å². The van der Waals surface area contributed by atoms with E-state index >= 15 is 0 Å². The molecule has 0 bridgehead atoms. The number of nitrogens with one attached hydrogen (secondary N) is 1. The molecule has 0 radical (unpaired) electrons. The number of aromatic nitrogens is 2. The summed E-state index contributed by atoms with van der Waals surface area (Å²) in [5.41, 5.74) is 1.73. The van der Waals surface area contributed by atoms with Crippen LogP contribution in [0, 0.1) is 13.8 Å². The highest BCUT2D eigenvalue weighted by Gasteiger charge is 2.10. The molecule has 1 aromatic heterocycles. The van der Waals surface area contributed by atoms with Crippen molar-refractivity contribution in [1.82, 2.24) is 14.5 Å². The molecule has 19 heavy (non-hydrogen) atoms. The molecule has 0 aliphatic rings. The van der Waals surface area contributed by atoms with Crippen LogP contribution in [-0.2, 0) is 16.6 Å². The molecule has 7 heteroatoms. The summed E-state index contributed by atoms with van der Waals surface area (Å²) in [5.74, 6) is 0.204. The zero-order chi connectivity index (χ0) is 14.5. The fourth-order valence-electron chi connectivity index (χ4n) is 1.76. The summed E-state index contributed by atoms with van der Waals surface area (Å²) < 4.78 is 27.6. The van der Waals surface area contributed by atoms with Crippen LogP contribution in [0.15, 0.2) is 0 Å². The molecular formula is C12H22ClN3O2S. The van der Waals surface area contributed by atoms with Crippen LogP contribution in [0.5, 0.6) is 0 Å². The van der Waals surface area contributed by atoms with Crippen molar-refractivity contribution in [2.24, 2.45) is 0 Å². The van der Waals surface area contributed by atoms with E-state index in [1.165, 1.54) is 0 Å². The van der Waals surface area contributed by atoms with Gasteiger partial charge in [0, 0.05) is 13.1 Å². The standard InChI is InChI=1S/C12H22ClN3O2S/c1-4-5-9-19(17,18)14-7-6-8-16-11(3)12(13)10(2)15-16/h14H,4-9H2,1-3H3. The van der Waals surface area contributed by atoms with E-state index in [-0.39, 0.29) is 5.75 Å². The summed E-state index contributed by atoms with van der Waals surface area (Å²) in [5, 5.41) is 4.98. The van der Waals surface area contributed by atoms with Crippen LogP contribution in [0.2, 0.25) is 5.02 Å². The van der Waals surface area contributed by atoms with Gasteiger partial charge < -0.3 is 0 Å². The number of rotatable bonds is 8. The summed E-state index contributed by atoms with van der Waals surface area (Å²) >= 11 is 6.05. The van der Waals surface area contributed by atoms with E-state index < -0.39 is 10.0 Å². The van der Waals surface area contributed by atoms with Gasteiger partial charge in [-0.15, -0.1) is 0 Å². The number of hydrogen-bond donors (Lipinski definition) is 1. The minimum Gasteiger partial charge on any atom is -0.268 e. The van der Waals surface area contributed by atoms with Crippen molar-refractivity contribution in [2.75, 3.05) is 12.3 Å². The van der Waals surface area contributed by atoms with Crippen molar-refractivity contribution < 1.29 is 8.42 Å². The van der Waals surface area contributed by atoms with Gasteiger partial charge >= 0.3 is 0 Å². The minimum atomic E-state index is -3.12. The fraction of sp³-hybridized carbons (Fsp3) is 0.750. The maximum absolute atomic E-state index is 11.6. The number of nitrogens with zero attached hydrogens (tertiary/aromatic N) is 2. The molecule has 1 aromatic rings. The molecular weight excluding hydrogens is 286 g/mol. The van der Waals surface area contributed by atoms with Crippen LogP contribution in [0.4, 0.5) is 0 Å². The molecule has 5 nitrogen and oxygen atoms in total. The Morgan fingerprint density at radius 1 is 1.32 bits per heavy atom. The van der Waals surface area contributed by atoms with Gasteiger partial charge in [0.2, 0.25) is 10.0 Å². The third-order valence-corrected chi connectivity index (χ3v) is 4.95. The number of halogens is 1. The number of unbranched alkanes of at least 4 members (excludes halogenated alkanes) is 1. The van der Waals surface area contributed by atoms with Crippen LogP contribution in [0.1, 0.15) is 37.6 Å². The molecule has 0 aromatic carbocycles. The predicted molar refractivity (Wildman–Crippen MR) is 78.0 cm³/mol. The first kappa shape index (κ1) is 16.5. The number of aryl methyl sites for hydroxylation is 2. The van der Waals surface area contributed by atoms with Gasteiger partial charge in [-0.05, 0) is 26.7 Å². The first-order chi connectivity index (χ1) is 8.87. The van der Waals surface area contributed by atoms with Gasteiger partial charge in [0.25, 0.3) is 0 Å². The van der Waals surface area contributed by atoms with Gasteiger partial charge in [-0.1, -0.05) is 24.9 Å². The second-order valence-electron chi connectivity index (χ2n) is 4.63. The second-order valence-corrected chi connectivity index (χ2v) is 6.93. The van der Waals surface area contributed by atoms with E-state index in [9.17, 15) is 8.42 Å². The Kier molecular flexibility index (Phi) is 6.29. The minimum absolute atomic E-state index is 0.204. The van der Waals surface area contributed by atoms with Crippen molar-refractivity contribution in [2.45, 2.75) is 46.6 Å². The van der Waals surface area contributed by atoms with Crippen molar-refractivity contribution in [3.05, 3.63) is 16.4 Å². The monoisotopic (exact) mass is 307 g/mol. The number of sulfonamides is 1. The predicted octanol–water partition coefficient (Wildman–Crippen LogP) is 2.26. The van der Waals surface area contributed by atoms with Crippen molar-refractivity contribution in [3.8, 4) is 0 Å². The van der Waals surface area contributed by atoms with E-state index in [0.717, 1.165) is 17.8 Å². The topological polar surface area (TPSA) is 64.0 Å². The van der Waals surface area contributed by atoms with E-state index in [2.05, 4.69) is 9.82 Å². The quantitative estimate of drug-likeness (QED) is 0.749. The molecule has 0 fully saturated rings. The van der Waals surface area contributed by atoms with Crippen LogP contribution in [0.3, 0.4) is 0 Å². The molecule has 1 rings (SSSR count). The summed E-state index contributed by atoms with van der Waals surface area (Å²) in [7, 11) is -3.12. The molecule has 0 saturated heterocycles. The first-order valence-electron chi connectivity index (χ1n) is 6.54. The van der Waals surface area contributed by atoms with Crippen LogP contribution < -0.4 is 4.72 Å². The maximum Gasteiger partial charge on any atom is 0.211 e. The average Bonchev–Trinajstić information content (AvgIpc) is 2.60. The molecule has 1 N–H and O–H groups in total. The molecule has 0 aliphatic heterocycles. The third-order valence-electron chi connectivity index (χ3n) is 2.93. The molecule has 0 atom stereocenters. The normalized spacial score (nSPS) is 12.0. The summed E-state index contributed by atoms with van der Waals surface area (Å²) in [6.45, 7) is 6.84. The molecule has 1 heterocycles. The summed E-state index contributed by atoms with van der Waals surface area (Å²) in [6, 6.07) is 0. The number of hydrogen-bond acceptors (Lipinski definition) is 3. The Balaban J connectivity index is 2.37. The average molecular weight is 308 g/mol. The van der Waals surface area contributed by atoms with Gasteiger partial charge in [-0.2, -0.15) is 5.10 Å². The Labute approximate surface area is 120 Å². The molecule has 0 saturated carbocycles. The lowest BCUT2D eigenvalue weighted by Crippen LogP contribution is -2.28. The first-order valence-corrected chi connectivity index (χ1v) is 8.57. The summed E-state index contributed by atoms with van der Waals surface area (Å²) in [4.78, 5) is 0. The molecule has 0 aliphatic carbocycles. The zero-order valence-electron chi connectivity index (χ0n) is 11.7. The summed E-state index contributed by atoms with van der Waals surface area (Å²) in [6.07, 6.45) is 2.28. The van der Waals surface area contributed by atoms with Crippen molar-refractivity contribution >= 4 is 21.6 Å². The van der Waals surface area contributed by atoms with Crippen molar-refractivity contribution in [1.29, 1.82) is 0 Å². The van der Waals surface area contributed by atoms with Gasteiger partial charge in [-0.3, -0.25) is 4.68 Å². The van der Waals surface area contributed by atoms with E-state index in [4.69, 9.17) is 11.6 Å². The highest BCUT2D eigenvalue weighted by molar-refractivity contribution is 7.89. The van der Waals surface area contributed by atoms with Crippen molar-refractivity contribution in [3.63, 3.8) is 0 Å². The van der Waals surface area contributed by atoms with E-state index in [1.54, 1.807) is 0 Å². The SMILES string of the molecule is CCCCS(=O)(=O)NCCCn1nc(C)c(Cl)c1C. The lowest BCUT2D eigenvalue weighted by Gasteiger charge is -2.07. The Hall–Kier alpha value is -0.590. The Morgan fingerprint density at radius 3 is 2.53 bits per heavy atom. The zero-order valence-corrected chi connectivity index (χ0v) is 13.3. The molecule has 0 spiro atoms. The van der Waals surface area contributed by atoms with Gasteiger partial charge in [0.1, 0.15) is 0 Å². The smallest absolute Gasteiger partial charge is 0.211 e. The Bertz CT molecular complexity index is 511. The largest absolute Gasteiger partial charge is 0.268 e. The lowest BCUT2D eigenvalue weighted by atomic mass is 10.4. The molecule has 0 unspecified atom stereocenters. The second kappa shape index (κ2) is 7.26. The highest BCUT2D eigenvalue weighted by Crippen LogP contribution is 2.18. The van der Waals surface area contributed by atoms with Gasteiger partial charge in [0.15, 0.2) is 0 Å². The van der Waals surface area contributed by atoms with E-state index in [0.29, 0.717) is 31.0 Å². The van der Waals surface area contributed by atoms with Gasteiger partial charge in [0.05, 0.1) is 22.2 Å². The van der Waals surface area contributed by atoms with Gasteiger partial charge in [-0.25, -0.2) is 13.1 Å². The lowest BCUT2D eigenvalue weighted by molar-refractivity contribution is 0.543. The maximum atomic E-state index is 11.6. The fourth-order valence-corrected chi connectivity index (χ4v) is 3.16. The molecule has 110 valence electrons. The van der Waals surface area contributed by atoms with Crippen LogP contribution in [-0.4, -0.2) is 30.5 Å². The highest BCUT2D eigenvalue weighted by atomic mass is 35.5. The molecule has 0 amide bonds. The Morgan fingerprint density at radius 2 is 2.00 bits per heavy atom. The third kappa shape index (κ3) is 5.12. The van der Waals surface area contributed by atoms with E-state index in [1.807, 2.05) is 25.5 Å².